The number of amides is 1. The van der Waals surface area contributed by atoms with E-state index in [0.29, 0.717) is 16.3 Å². The van der Waals surface area contributed by atoms with Crippen LogP contribution in [0.5, 0.6) is 0 Å². The number of hydrogen-bond donors (Lipinski definition) is 1. The number of thiazole rings is 1. The molecule has 2 rings (SSSR count). The van der Waals surface area contributed by atoms with Crippen LogP contribution in [0, 0.1) is 12.7 Å². The average Bonchev–Trinajstić information content (AvgIpc) is 2.62. The minimum Gasteiger partial charge on any atom is -0.321 e. The summed E-state index contributed by atoms with van der Waals surface area (Å²) in [7, 11) is 1.60. The molecule has 0 atom stereocenters. The van der Waals surface area contributed by atoms with Crippen LogP contribution in [-0.2, 0) is 7.05 Å². The molecule has 1 N–H and O–H groups in total. The Hall–Kier alpha value is -1.66. The lowest BCUT2D eigenvalue weighted by molar-refractivity contribution is 0.102. The zero-order valence-electron chi connectivity index (χ0n) is 10.2. The standard InChI is InChI=1S/C12H10ClFN2O2S/c1-6-10(19-12(18)16(6)2)11(17)15-7-3-4-9(14)8(13)5-7/h3-5H,1-2H3,(H,15,17). The minimum absolute atomic E-state index is 0.0734. The van der Waals surface area contributed by atoms with Crippen molar-refractivity contribution in [1.82, 2.24) is 4.57 Å². The molecule has 19 heavy (non-hydrogen) atoms. The molecule has 0 fully saturated rings. The summed E-state index contributed by atoms with van der Waals surface area (Å²) in [5.74, 6) is -0.969. The van der Waals surface area contributed by atoms with Gasteiger partial charge in [0.2, 0.25) is 0 Å². The second-order valence-electron chi connectivity index (χ2n) is 3.92. The van der Waals surface area contributed by atoms with E-state index in [9.17, 15) is 14.0 Å². The molecule has 2 aromatic rings. The molecular formula is C12H10ClFN2O2S. The highest BCUT2D eigenvalue weighted by atomic mass is 35.5. The molecule has 0 unspecified atom stereocenters. The first-order valence-corrected chi connectivity index (χ1v) is 6.52. The molecular weight excluding hydrogens is 291 g/mol. The lowest BCUT2D eigenvalue weighted by Crippen LogP contribution is -2.13. The molecule has 1 amide bonds. The van der Waals surface area contributed by atoms with E-state index in [1.165, 1.54) is 16.7 Å². The van der Waals surface area contributed by atoms with Gasteiger partial charge < -0.3 is 9.88 Å². The molecule has 100 valence electrons. The van der Waals surface area contributed by atoms with E-state index in [1.807, 2.05) is 0 Å². The lowest BCUT2D eigenvalue weighted by atomic mass is 10.3. The van der Waals surface area contributed by atoms with Gasteiger partial charge in [-0.15, -0.1) is 0 Å². The summed E-state index contributed by atoms with van der Waals surface area (Å²) < 4.78 is 14.4. The molecule has 0 saturated heterocycles. The van der Waals surface area contributed by atoms with Crippen molar-refractivity contribution in [3.63, 3.8) is 0 Å². The third kappa shape index (κ3) is 2.69. The Morgan fingerprint density at radius 2 is 2.16 bits per heavy atom. The average molecular weight is 301 g/mol. The van der Waals surface area contributed by atoms with Crippen LogP contribution in [0.15, 0.2) is 23.0 Å². The zero-order chi connectivity index (χ0) is 14.2. The van der Waals surface area contributed by atoms with Gasteiger partial charge in [0.05, 0.1) is 5.02 Å². The van der Waals surface area contributed by atoms with Crippen molar-refractivity contribution in [3.05, 3.63) is 49.3 Å². The number of nitrogens with one attached hydrogen (secondary N) is 1. The zero-order valence-corrected chi connectivity index (χ0v) is 11.7. The van der Waals surface area contributed by atoms with Gasteiger partial charge in [0.1, 0.15) is 10.7 Å². The fraction of sp³-hybridized carbons (Fsp3) is 0.167. The molecule has 0 aliphatic heterocycles. The molecule has 0 aliphatic carbocycles. The Bertz CT molecular complexity index is 708. The third-order valence-electron chi connectivity index (χ3n) is 2.68. The summed E-state index contributed by atoms with van der Waals surface area (Å²) in [6.45, 7) is 1.68. The summed E-state index contributed by atoms with van der Waals surface area (Å²) >= 11 is 6.49. The Morgan fingerprint density at radius 1 is 1.47 bits per heavy atom. The van der Waals surface area contributed by atoms with Crippen molar-refractivity contribution in [2.45, 2.75) is 6.92 Å². The number of carbonyl (C=O) groups excluding carboxylic acids is 1. The first-order valence-electron chi connectivity index (χ1n) is 5.33. The normalized spacial score (nSPS) is 10.5. The van der Waals surface area contributed by atoms with E-state index in [0.717, 1.165) is 17.4 Å². The van der Waals surface area contributed by atoms with Crippen molar-refractivity contribution in [3.8, 4) is 0 Å². The Kier molecular flexibility index (Phi) is 3.73. The van der Waals surface area contributed by atoms with Crippen LogP contribution < -0.4 is 10.2 Å². The number of anilines is 1. The van der Waals surface area contributed by atoms with Crippen LogP contribution in [0.2, 0.25) is 5.02 Å². The van der Waals surface area contributed by atoms with E-state index in [2.05, 4.69) is 5.32 Å². The van der Waals surface area contributed by atoms with Crippen LogP contribution in [-0.4, -0.2) is 10.5 Å². The number of rotatable bonds is 2. The van der Waals surface area contributed by atoms with Gasteiger partial charge in [-0.05, 0) is 25.1 Å². The van der Waals surface area contributed by atoms with Gasteiger partial charge in [0.25, 0.3) is 5.91 Å². The lowest BCUT2D eigenvalue weighted by Gasteiger charge is -2.05. The maximum absolute atomic E-state index is 13.0. The van der Waals surface area contributed by atoms with E-state index in [-0.39, 0.29) is 9.90 Å². The predicted octanol–water partition coefficient (Wildman–Crippen LogP) is 2.80. The Balaban J connectivity index is 2.28. The van der Waals surface area contributed by atoms with Gasteiger partial charge in [-0.2, -0.15) is 0 Å². The maximum Gasteiger partial charge on any atom is 0.307 e. The van der Waals surface area contributed by atoms with Gasteiger partial charge in [0, 0.05) is 18.4 Å². The summed E-state index contributed by atoms with van der Waals surface area (Å²) in [5, 5.41) is 2.50. The van der Waals surface area contributed by atoms with Gasteiger partial charge in [-0.3, -0.25) is 9.59 Å². The van der Waals surface area contributed by atoms with Crippen LogP contribution >= 0.6 is 22.9 Å². The van der Waals surface area contributed by atoms with Crippen molar-refractivity contribution in [2.24, 2.45) is 7.05 Å². The molecule has 0 spiro atoms. The number of halogens is 2. The quantitative estimate of drug-likeness (QED) is 0.927. The van der Waals surface area contributed by atoms with E-state index < -0.39 is 11.7 Å². The highest BCUT2D eigenvalue weighted by Gasteiger charge is 2.16. The van der Waals surface area contributed by atoms with Crippen molar-refractivity contribution in [1.29, 1.82) is 0 Å². The molecule has 1 aromatic carbocycles. The summed E-state index contributed by atoms with van der Waals surface area (Å²) in [5.41, 5.74) is 0.958. The first-order chi connectivity index (χ1) is 8.90. The largest absolute Gasteiger partial charge is 0.321 e. The van der Waals surface area contributed by atoms with Crippen LogP contribution in [0.4, 0.5) is 10.1 Å². The first kappa shape index (κ1) is 13.8. The molecule has 1 aromatic heterocycles. The highest BCUT2D eigenvalue weighted by Crippen LogP contribution is 2.20. The van der Waals surface area contributed by atoms with Crippen molar-refractivity contribution < 1.29 is 9.18 Å². The topological polar surface area (TPSA) is 51.1 Å². The third-order valence-corrected chi connectivity index (χ3v) is 4.10. The number of carbonyl (C=O) groups is 1. The molecule has 1 heterocycles. The van der Waals surface area contributed by atoms with Gasteiger partial charge in [0.15, 0.2) is 0 Å². The van der Waals surface area contributed by atoms with Crippen molar-refractivity contribution >= 4 is 34.5 Å². The second-order valence-corrected chi connectivity index (χ2v) is 5.29. The highest BCUT2D eigenvalue weighted by molar-refractivity contribution is 7.11. The maximum atomic E-state index is 13.0. The monoisotopic (exact) mass is 300 g/mol. The van der Waals surface area contributed by atoms with E-state index >= 15 is 0 Å². The van der Waals surface area contributed by atoms with E-state index in [4.69, 9.17) is 11.6 Å². The fourth-order valence-corrected chi connectivity index (χ4v) is 2.55. The predicted molar refractivity (Wildman–Crippen MR) is 73.7 cm³/mol. The van der Waals surface area contributed by atoms with Gasteiger partial charge >= 0.3 is 4.87 Å². The summed E-state index contributed by atoms with van der Waals surface area (Å²) in [4.78, 5) is 23.6. The Morgan fingerprint density at radius 3 is 2.68 bits per heavy atom. The van der Waals surface area contributed by atoms with Crippen LogP contribution in [0.3, 0.4) is 0 Å². The summed E-state index contributed by atoms with van der Waals surface area (Å²) in [6, 6.07) is 3.88. The van der Waals surface area contributed by atoms with Gasteiger partial charge in [-0.1, -0.05) is 22.9 Å². The molecule has 0 saturated carbocycles. The molecule has 4 nitrogen and oxygen atoms in total. The fourth-order valence-electron chi connectivity index (χ4n) is 1.49. The van der Waals surface area contributed by atoms with E-state index in [1.54, 1.807) is 14.0 Å². The van der Waals surface area contributed by atoms with Crippen molar-refractivity contribution in [2.75, 3.05) is 5.32 Å². The molecule has 0 bridgehead atoms. The molecule has 7 heteroatoms. The SMILES string of the molecule is Cc1c(C(=O)Nc2ccc(F)c(Cl)c2)sc(=O)n1C. The van der Waals surface area contributed by atoms with Crippen LogP contribution in [0.1, 0.15) is 15.4 Å². The van der Waals surface area contributed by atoms with Gasteiger partial charge in [-0.25, -0.2) is 4.39 Å². The number of hydrogen-bond acceptors (Lipinski definition) is 3. The number of aromatic nitrogens is 1. The Labute approximate surface area is 117 Å². The molecule has 0 aliphatic rings. The smallest absolute Gasteiger partial charge is 0.307 e. The number of benzene rings is 1. The minimum atomic E-state index is -0.555. The summed E-state index contributed by atoms with van der Waals surface area (Å²) in [6.07, 6.45) is 0. The molecule has 0 radical (unpaired) electrons. The second kappa shape index (κ2) is 5.14. The van der Waals surface area contributed by atoms with Crippen LogP contribution in [0.25, 0.3) is 0 Å². The number of nitrogens with zero attached hydrogens (tertiary/aromatic N) is 1.